The molecule has 1 saturated heterocycles. The van der Waals surface area contributed by atoms with E-state index in [0.717, 1.165) is 30.3 Å². The van der Waals surface area contributed by atoms with Gasteiger partial charge >= 0.3 is 0 Å². The van der Waals surface area contributed by atoms with Crippen molar-refractivity contribution in [3.8, 4) is 0 Å². The second-order valence-electron chi connectivity index (χ2n) is 7.92. The molecule has 21 heavy (non-hydrogen) atoms. The van der Waals surface area contributed by atoms with Crippen molar-refractivity contribution in [3.63, 3.8) is 0 Å². The molecule has 0 aromatic carbocycles. The summed E-state index contributed by atoms with van der Waals surface area (Å²) in [5.74, 6) is 3.05. The molecule has 1 aliphatic heterocycles. The number of likely N-dealkylation sites (tertiary alicyclic amines) is 1. The summed E-state index contributed by atoms with van der Waals surface area (Å²) in [4.78, 5) is 2.81. The minimum absolute atomic E-state index is 0.760. The number of piperidine rings is 1. The molecule has 1 N–H and O–H groups in total. The Kier molecular flexibility index (Phi) is 5.99. The SMILES string of the molecule is CCNC(CN1CCC2CCCCC2C1)C1CCCCC1. The fraction of sp³-hybridized carbons (Fsp3) is 1.00. The monoisotopic (exact) mass is 292 g/mol. The first-order valence-corrected chi connectivity index (χ1v) is 9.82. The topological polar surface area (TPSA) is 15.3 Å². The highest BCUT2D eigenvalue weighted by atomic mass is 15.2. The zero-order valence-electron chi connectivity index (χ0n) is 14.2. The highest BCUT2D eigenvalue weighted by Crippen LogP contribution is 2.36. The summed E-state index contributed by atoms with van der Waals surface area (Å²) < 4.78 is 0. The summed E-state index contributed by atoms with van der Waals surface area (Å²) in [6.07, 6.45) is 14.9. The van der Waals surface area contributed by atoms with E-state index in [0.29, 0.717) is 0 Å². The van der Waals surface area contributed by atoms with Crippen LogP contribution in [0.15, 0.2) is 0 Å². The molecule has 122 valence electrons. The van der Waals surface area contributed by atoms with Crippen LogP contribution < -0.4 is 5.32 Å². The quantitative estimate of drug-likeness (QED) is 0.822. The summed E-state index contributed by atoms with van der Waals surface area (Å²) in [5.41, 5.74) is 0. The summed E-state index contributed by atoms with van der Waals surface area (Å²) in [6.45, 7) is 7.51. The third kappa shape index (κ3) is 4.22. The number of nitrogens with zero attached hydrogens (tertiary/aromatic N) is 1. The number of fused-ring (bicyclic) bond motifs is 1. The van der Waals surface area contributed by atoms with Crippen molar-refractivity contribution in [2.45, 2.75) is 77.2 Å². The number of hydrogen-bond acceptors (Lipinski definition) is 2. The first-order chi connectivity index (χ1) is 10.4. The van der Waals surface area contributed by atoms with Crippen molar-refractivity contribution < 1.29 is 0 Å². The molecule has 2 aliphatic carbocycles. The Morgan fingerprint density at radius 3 is 2.38 bits per heavy atom. The molecule has 2 heteroatoms. The molecule has 0 spiro atoms. The van der Waals surface area contributed by atoms with Crippen LogP contribution in [0.3, 0.4) is 0 Å². The molecule has 2 saturated carbocycles. The average molecular weight is 293 g/mol. The number of hydrogen-bond donors (Lipinski definition) is 1. The largest absolute Gasteiger partial charge is 0.313 e. The second kappa shape index (κ2) is 7.97. The molecule has 3 aliphatic rings. The van der Waals surface area contributed by atoms with Crippen molar-refractivity contribution in [1.82, 2.24) is 10.2 Å². The lowest BCUT2D eigenvalue weighted by molar-refractivity contribution is 0.0707. The van der Waals surface area contributed by atoms with E-state index < -0.39 is 0 Å². The minimum Gasteiger partial charge on any atom is -0.313 e. The van der Waals surface area contributed by atoms with Gasteiger partial charge in [-0.2, -0.15) is 0 Å². The van der Waals surface area contributed by atoms with Gasteiger partial charge in [-0.25, -0.2) is 0 Å². The fourth-order valence-electron chi connectivity index (χ4n) is 5.30. The summed E-state index contributed by atoms with van der Waals surface area (Å²) in [6, 6.07) is 0.760. The maximum atomic E-state index is 3.83. The molecule has 0 bridgehead atoms. The van der Waals surface area contributed by atoms with Gasteiger partial charge in [-0.3, -0.25) is 0 Å². The lowest BCUT2D eigenvalue weighted by atomic mass is 9.75. The highest BCUT2D eigenvalue weighted by molar-refractivity contribution is 4.87. The molecule has 0 radical (unpaired) electrons. The van der Waals surface area contributed by atoms with E-state index in [-0.39, 0.29) is 0 Å². The van der Waals surface area contributed by atoms with Gasteiger partial charge in [0, 0.05) is 19.1 Å². The summed E-state index contributed by atoms with van der Waals surface area (Å²) >= 11 is 0. The van der Waals surface area contributed by atoms with Gasteiger partial charge in [0.05, 0.1) is 0 Å². The van der Waals surface area contributed by atoms with E-state index in [1.54, 1.807) is 0 Å². The van der Waals surface area contributed by atoms with Gasteiger partial charge in [0.25, 0.3) is 0 Å². The lowest BCUT2D eigenvalue weighted by Crippen LogP contribution is -2.50. The van der Waals surface area contributed by atoms with Crippen LogP contribution in [0.4, 0.5) is 0 Å². The molecule has 3 rings (SSSR count). The smallest absolute Gasteiger partial charge is 0.0223 e. The average Bonchev–Trinajstić information content (AvgIpc) is 2.55. The van der Waals surface area contributed by atoms with Gasteiger partial charge in [0.1, 0.15) is 0 Å². The first-order valence-electron chi connectivity index (χ1n) is 9.82. The molecular weight excluding hydrogens is 256 g/mol. The highest BCUT2D eigenvalue weighted by Gasteiger charge is 2.33. The third-order valence-electron chi connectivity index (χ3n) is 6.52. The van der Waals surface area contributed by atoms with E-state index in [1.165, 1.54) is 83.8 Å². The molecule has 2 nitrogen and oxygen atoms in total. The number of nitrogens with one attached hydrogen (secondary N) is 1. The van der Waals surface area contributed by atoms with Crippen LogP contribution in [-0.4, -0.2) is 37.1 Å². The van der Waals surface area contributed by atoms with E-state index in [9.17, 15) is 0 Å². The number of rotatable bonds is 5. The molecule has 3 unspecified atom stereocenters. The van der Waals surface area contributed by atoms with Gasteiger partial charge in [-0.1, -0.05) is 45.4 Å². The normalized spacial score (nSPS) is 33.6. The second-order valence-corrected chi connectivity index (χ2v) is 7.92. The molecular formula is C19H36N2. The van der Waals surface area contributed by atoms with Gasteiger partial charge < -0.3 is 10.2 Å². The zero-order chi connectivity index (χ0) is 14.5. The maximum Gasteiger partial charge on any atom is 0.0223 e. The summed E-state index contributed by atoms with van der Waals surface area (Å²) in [5, 5.41) is 3.83. The fourth-order valence-corrected chi connectivity index (χ4v) is 5.30. The van der Waals surface area contributed by atoms with Gasteiger partial charge in [-0.05, 0) is 56.5 Å². The molecule has 3 fully saturated rings. The van der Waals surface area contributed by atoms with Crippen molar-refractivity contribution in [2.75, 3.05) is 26.2 Å². The Balaban J connectivity index is 1.52. The Bertz CT molecular complexity index is 298. The van der Waals surface area contributed by atoms with E-state index in [2.05, 4.69) is 17.1 Å². The van der Waals surface area contributed by atoms with Crippen molar-refractivity contribution in [1.29, 1.82) is 0 Å². The lowest BCUT2D eigenvalue weighted by Gasteiger charge is -2.43. The predicted octanol–water partition coefficient (Wildman–Crippen LogP) is 4.06. The van der Waals surface area contributed by atoms with Crippen LogP contribution >= 0.6 is 0 Å². The first kappa shape index (κ1) is 15.8. The predicted molar refractivity (Wildman–Crippen MR) is 90.5 cm³/mol. The van der Waals surface area contributed by atoms with Crippen LogP contribution in [0.25, 0.3) is 0 Å². The molecule has 0 aromatic heterocycles. The van der Waals surface area contributed by atoms with Crippen molar-refractivity contribution in [3.05, 3.63) is 0 Å². The van der Waals surface area contributed by atoms with Crippen molar-refractivity contribution >= 4 is 0 Å². The van der Waals surface area contributed by atoms with Crippen LogP contribution in [0, 0.1) is 17.8 Å². The van der Waals surface area contributed by atoms with Crippen molar-refractivity contribution in [2.24, 2.45) is 17.8 Å². The third-order valence-corrected chi connectivity index (χ3v) is 6.52. The molecule has 1 heterocycles. The minimum atomic E-state index is 0.760. The maximum absolute atomic E-state index is 3.83. The van der Waals surface area contributed by atoms with E-state index in [1.807, 2.05) is 0 Å². The molecule has 0 aromatic rings. The van der Waals surface area contributed by atoms with Gasteiger partial charge in [0.15, 0.2) is 0 Å². The van der Waals surface area contributed by atoms with Gasteiger partial charge in [-0.15, -0.1) is 0 Å². The Morgan fingerprint density at radius 1 is 0.905 bits per heavy atom. The Morgan fingerprint density at radius 2 is 1.62 bits per heavy atom. The molecule has 3 atom stereocenters. The standard InChI is InChI=1S/C19H36N2/c1-2-20-19(17-9-4-3-5-10-17)15-21-13-12-16-8-6-7-11-18(16)14-21/h16-20H,2-15H2,1H3. The Labute approximate surface area is 132 Å². The van der Waals surface area contributed by atoms with E-state index >= 15 is 0 Å². The zero-order valence-corrected chi connectivity index (χ0v) is 14.2. The van der Waals surface area contributed by atoms with Crippen LogP contribution in [0.1, 0.15) is 71.1 Å². The van der Waals surface area contributed by atoms with Gasteiger partial charge in [0.2, 0.25) is 0 Å². The number of likely N-dealkylation sites (N-methyl/N-ethyl adjacent to an activating group) is 1. The van der Waals surface area contributed by atoms with E-state index in [4.69, 9.17) is 0 Å². The molecule has 0 amide bonds. The van der Waals surface area contributed by atoms with Crippen LogP contribution in [-0.2, 0) is 0 Å². The van der Waals surface area contributed by atoms with Crippen LogP contribution in [0.2, 0.25) is 0 Å². The van der Waals surface area contributed by atoms with Crippen LogP contribution in [0.5, 0.6) is 0 Å². The Hall–Kier alpha value is -0.0800. The summed E-state index contributed by atoms with van der Waals surface area (Å²) in [7, 11) is 0.